The highest BCUT2D eigenvalue weighted by atomic mass is 32.2. The van der Waals surface area contributed by atoms with Gasteiger partial charge in [0, 0.05) is 6.54 Å². The lowest BCUT2D eigenvalue weighted by atomic mass is 10.2. The lowest BCUT2D eigenvalue weighted by Crippen LogP contribution is -2.07. The van der Waals surface area contributed by atoms with Crippen LogP contribution in [0.1, 0.15) is 11.1 Å². The van der Waals surface area contributed by atoms with Crippen LogP contribution in [0.15, 0.2) is 91.7 Å². The van der Waals surface area contributed by atoms with Gasteiger partial charge in [0.1, 0.15) is 0 Å². The van der Waals surface area contributed by atoms with Crippen molar-refractivity contribution in [1.82, 2.24) is 4.98 Å². The standard InChI is InChI=1S/C21H18N2O4S/c1-15-9-11-17(12-10-15)28(24,25)21-20(22-14-16-6-3-2-4-7-16)27-19(23-21)18-8-5-13-26-18/h2-13,22H,14H2,1H3. The zero-order valence-corrected chi connectivity index (χ0v) is 15.9. The van der Waals surface area contributed by atoms with Crippen LogP contribution in [-0.4, -0.2) is 13.4 Å². The van der Waals surface area contributed by atoms with E-state index in [0.29, 0.717) is 12.3 Å². The van der Waals surface area contributed by atoms with E-state index in [1.54, 1.807) is 36.4 Å². The Balaban J connectivity index is 1.74. The van der Waals surface area contributed by atoms with E-state index in [-0.39, 0.29) is 21.7 Å². The molecule has 0 aliphatic carbocycles. The molecule has 0 aliphatic heterocycles. The molecule has 28 heavy (non-hydrogen) atoms. The van der Waals surface area contributed by atoms with Crippen molar-refractivity contribution in [3.63, 3.8) is 0 Å². The largest absolute Gasteiger partial charge is 0.459 e. The Morgan fingerprint density at radius 1 is 0.964 bits per heavy atom. The zero-order valence-electron chi connectivity index (χ0n) is 15.1. The number of hydrogen-bond donors (Lipinski definition) is 1. The van der Waals surface area contributed by atoms with Gasteiger partial charge in [-0.05, 0) is 36.8 Å². The number of rotatable bonds is 6. The third-order valence-electron chi connectivity index (χ3n) is 4.21. The number of benzene rings is 2. The van der Waals surface area contributed by atoms with Crippen LogP contribution in [0, 0.1) is 6.92 Å². The molecular weight excluding hydrogens is 376 g/mol. The zero-order chi connectivity index (χ0) is 19.6. The molecular formula is C21H18N2O4S. The number of nitrogens with one attached hydrogen (secondary N) is 1. The van der Waals surface area contributed by atoms with Crippen LogP contribution < -0.4 is 5.32 Å². The van der Waals surface area contributed by atoms with Crippen LogP contribution >= 0.6 is 0 Å². The predicted octanol–water partition coefficient (Wildman–Crippen LogP) is 4.69. The van der Waals surface area contributed by atoms with Crippen molar-refractivity contribution in [3.8, 4) is 11.7 Å². The average Bonchev–Trinajstić information content (AvgIpc) is 3.37. The lowest BCUT2D eigenvalue weighted by Gasteiger charge is -2.06. The fourth-order valence-electron chi connectivity index (χ4n) is 2.71. The van der Waals surface area contributed by atoms with Gasteiger partial charge in [0.05, 0.1) is 11.2 Å². The Bertz CT molecular complexity index is 1160. The molecule has 2 heterocycles. The smallest absolute Gasteiger partial charge is 0.266 e. The van der Waals surface area contributed by atoms with Gasteiger partial charge >= 0.3 is 0 Å². The maximum absolute atomic E-state index is 13.2. The minimum Gasteiger partial charge on any atom is -0.459 e. The van der Waals surface area contributed by atoms with E-state index in [2.05, 4.69) is 10.3 Å². The summed E-state index contributed by atoms with van der Waals surface area (Å²) in [5, 5.41) is 2.88. The molecule has 0 saturated heterocycles. The van der Waals surface area contributed by atoms with E-state index in [4.69, 9.17) is 8.83 Å². The Kier molecular flexibility index (Phi) is 4.75. The molecule has 0 fully saturated rings. The van der Waals surface area contributed by atoms with Gasteiger partial charge in [0.25, 0.3) is 5.89 Å². The summed E-state index contributed by atoms with van der Waals surface area (Å²) in [4.78, 5) is 4.38. The van der Waals surface area contributed by atoms with E-state index in [1.165, 1.54) is 6.26 Å². The number of sulfone groups is 1. The Morgan fingerprint density at radius 3 is 2.39 bits per heavy atom. The normalized spacial score (nSPS) is 11.5. The molecule has 0 atom stereocenters. The number of hydrogen-bond acceptors (Lipinski definition) is 6. The SMILES string of the molecule is Cc1ccc(S(=O)(=O)c2nc(-c3ccco3)oc2NCc2ccccc2)cc1. The second kappa shape index (κ2) is 7.36. The molecule has 142 valence electrons. The predicted molar refractivity (Wildman–Crippen MR) is 105 cm³/mol. The molecule has 0 amide bonds. The molecule has 0 unspecified atom stereocenters. The molecule has 0 bridgehead atoms. The molecule has 7 heteroatoms. The molecule has 1 N–H and O–H groups in total. The average molecular weight is 394 g/mol. The summed E-state index contributed by atoms with van der Waals surface area (Å²) >= 11 is 0. The lowest BCUT2D eigenvalue weighted by molar-refractivity contribution is 0.522. The van der Waals surface area contributed by atoms with Gasteiger partial charge in [-0.1, -0.05) is 48.0 Å². The second-order valence-corrected chi connectivity index (χ2v) is 8.15. The van der Waals surface area contributed by atoms with E-state index in [9.17, 15) is 8.42 Å². The number of oxazole rings is 1. The Labute approximate surface area is 162 Å². The van der Waals surface area contributed by atoms with Gasteiger partial charge < -0.3 is 14.2 Å². The topological polar surface area (TPSA) is 85.3 Å². The number of aryl methyl sites for hydroxylation is 1. The van der Waals surface area contributed by atoms with Crippen LogP contribution in [0.2, 0.25) is 0 Å². The first kappa shape index (κ1) is 18.1. The highest BCUT2D eigenvalue weighted by Gasteiger charge is 2.29. The summed E-state index contributed by atoms with van der Waals surface area (Å²) in [6.07, 6.45) is 1.48. The fourth-order valence-corrected chi connectivity index (χ4v) is 3.99. The monoisotopic (exact) mass is 394 g/mol. The van der Waals surface area contributed by atoms with Crippen molar-refractivity contribution in [2.45, 2.75) is 23.4 Å². The molecule has 2 aromatic heterocycles. The van der Waals surface area contributed by atoms with Crippen molar-refractivity contribution in [1.29, 1.82) is 0 Å². The van der Waals surface area contributed by atoms with Crippen LogP contribution in [0.4, 0.5) is 5.88 Å². The minimum absolute atomic E-state index is 0.0795. The van der Waals surface area contributed by atoms with E-state index < -0.39 is 9.84 Å². The van der Waals surface area contributed by atoms with Gasteiger partial charge in [-0.15, -0.1) is 0 Å². The summed E-state index contributed by atoms with van der Waals surface area (Å²) in [7, 11) is -3.87. The van der Waals surface area contributed by atoms with E-state index >= 15 is 0 Å². The van der Waals surface area contributed by atoms with Crippen LogP contribution in [0.3, 0.4) is 0 Å². The molecule has 6 nitrogen and oxygen atoms in total. The van der Waals surface area contributed by atoms with Crippen molar-refractivity contribution in [2.75, 3.05) is 5.32 Å². The first-order valence-electron chi connectivity index (χ1n) is 8.68. The first-order valence-corrected chi connectivity index (χ1v) is 10.2. The third kappa shape index (κ3) is 3.57. The van der Waals surface area contributed by atoms with Crippen molar-refractivity contribution >= 4 is 15.7 Å². The van der Waals surface area contributed by atoms with Crippen molar-refractivity contribution in [2.24, 2.45) is 0 Å². The van der Waals surface area contributed by atoms with Crippen LogP contribution in [0.5, 0.6) is 0 Å². The number of furan rings is 1. The maximum atomic E-state index is 13.2. The number of aromatic nitrogens is 1. The summed E-state index contributed by atoms with van der Waals surface area (Å²) in [6, 6.07) is 19.6. The number of anilines is 1. The summed E-state index contributed by atoms with van der Waals surface area (Å²) < 4.78 is 37.4. The summed E-state index contributed by atoms with van der Waals surface area (Å²) in [5.74, 6) is 0.537. The molecule has 2 aromatic carbocycles. The van der Waals surface area contributed by atoms with E-state index in [1.807, 2.05) is 37.3 Å². The minimum atomic E-state index is -3.87. The molecule has 0 radical (unpaired) electrons. The molecule has 0 aliphatic rings. The fraction of sp³-hybridized carbons (Fsp3) is 0.0952. The second-order valence-electron chi connectivity index (χ2n) is 6.29. The van der Waals surface area contributed by atoms with Gasteiger partial charge in [-0.2, -0.15) is 4.98 Å². The van der Waals surface area contributed by atoms with Gasteiger partial charge in [-0.25, -0.2) is 8.42 Å². The van der Waals surface area contributed by atoms with E-state index in [0.717, 1.165) is 11.1 Å². The van der Waals surface area contributed by atoms with Crippen molar-refractivity contribution in [3.05, 3.63) is 84.1 Å². The van der Waals surface area contributed by atoms with Gasteiger partial charge in [-0.3, -0.25) is 0 Å². The van der Waals surface area contributed by atoms with Gasteiger partial charge in [0.15, 0.2) is 5.76 Å². The van der Waals surface area contributed by atoms with Crippen LogP contribution in [-0.2, 0) is 16.4 Å². The highest BCUT2D eigenvalue weighted by Crippen LogP contribution is 2.32. The molecule has 0 saturated carbocycles. The molecule has 4 aromatic rings. The highest BCUT2D eigenvalue weighted by molar-refractivity contribution is 7.91. The number of nitrogens with zero attached hydrogens (tertiary/aromatic N) is 1. The Hall–Kier alpha value is -3.32. The molecule has 0 spiro atoms. The quantitative estimate of drug-likeness (QED) is 0.511. The summed E-state index contributed by atoms with van der Waals surface area (Å²) in [5.41, 5.74) is 1.95. The molecule has 4 rings (SSSR count). The Morgan fingerprint density at radius 2 is 1.71 bits per heavy atom. The maximum Gasteiger partial charge on any atom is 0.266 e. The first-order chi connectivity index (χ1) is 13.5. The summed E-state index contributed by atoms with van der Waals surface area (Å²) in [6.45, 7) is 2.29. The third-order valence-corrected chi connectivity index (χ3v) is 5.89. The van der Waals surface area contributed by atoms with Crippen molar-refractivity contribution < 1.29 is 17.3 Å². The van der Waals surface area contributed by atoms with Gasteiger partial charge in [0.2, 0.25) is 20.7 Å². The van der Waals surface area contributed by atoms with Crippen LogP contribution in [0.25, 0.3) is 11.7 Å².